The van der Waals surface area contributed by atoms with E-state index >= 15 is 0 Å². The van der Waals surface area contributed by atoms with Crippen LogP contribution in [0.4, 0.5) is 0 Å². The number of rotatable bonds is 3. The first-order valence-electron chi connectivity index (χ1n) is 7.24. The van der Waals surface area contributed by atoms with Crippen LogP contribution in [0.2, 0.25) is 0 Å². The highest BCUT2D eigenvalue weighted by Gasteiger charge is 2.37. The Balaban J connectivity index is 1.85. The SMILES string of the molecule is CC(C)CN1CCC(C)(c2nc3ccccc3[nH]2)C1. The van der Waals surface area contributed by atoms with E-state index in [1.54, 1.807) is 0 Å². The molecule has 1 aliphatic rings. The van der Waals surface area contributed by atoms with E-state index in [2.05, 4.69) is 54.9 Å². The van der Waals surface area contributed by atoms with Crippen LogP contribution in [-0.2, 0) is 5.41 Å². The van der Waals surface area contributed by atoms with Gasteiger partial charge >= 0.3 is 0 Å². The molecule has 0 aliphatic carbocycles. The van der Waals surface area contributed by atoms with Gasteiger partial charge in [0.1, 0.15) is 5.82 Å². The number of aromatic amines is 1. The van der Waals surface area contributed by atoms with Crippen LogP contribution in [0.15, 0.2) is 24.3 Å². The van der Waals surface area contributed by atoms with Gasteiger partial charge in [-0.2, -0.15) is 0 Å². The van der Waals surface area contributed by atoms with Gasteiger partial charge in [0.25, 0.3) is 0 Å². The predicted octanol–water partition coefficient (Wildman–Crippen LogP) is 3.18. The minimum absolute atomic E-state index is 0.175. The Kier molecular flexibility index (Phi) is 3.09. The molecule has 102 valence electrons. The summed E-state index contributed by atoms with van der Waals surface area (Å²) in [6.07, 6.45) is 1.19. The van der Waals surface area contributed by atoms with Crippen LogP contribution in [0.25, 0.3) is 11.0 Å². The molecule has 2 heterocycles. The summed E-state index contributed by atoms with van der Waals surface area (Å²) in [7, 11) is 0. The Morgan fingerprint density at radius 3 is 2.89 bits per heavy atom. The quantitative estimate of drug-likeness (QED) is 0.915. The number of likely N-dealkylation sites (tertiary alicyclic amines) is 1. The molecule has 19 heavy (non-hydrogen) atoms. The van der Waals surface area contributed by atoms with E-state index in [0.29, 0.717) is 0 Å². The van der Waals surface area contributed by atoms with Crippen molar-refractivity contribution in [2.24, 2.45) is 5.92 Å². The third kappa shape index (κ3) is 2.39. The van der Waals surface area contributed by atoms with Crippen LogP contribution in [0.5, 0.6) is 0 Å². The van der Waals surface area contributed by atoms with Gasteiger partial charge < -0.3 is 9.88 Å². The summed E-state index contributed by atoms with van der Waals surface area (Å²) < 4.78 is 0. The molecule has 0 spiro atoms. The number of para-hydroxylation sites is 2. The van der Waals surface area contributed by atoms with Gasteiger partial charge in [-0.05, 0) is 31.0 Å². The number of benzene rings is 1. The first kappa shape index (κ1) is 12.7. The molecule has 0 saturated carbocycles. The van der Waals surface area contributed by atoms with E-state index in [-0.39, 0.29) is 5.41 Å². The lowest BCUT2D eigenvalue weighted by molar-refractivity contribution is 0.279. The molecule has 0 bridgehead atoms. The van der Waals surface area contributed by atoms with Gasteiger partial charge in [0, 0.05) is 18.5 Å². The van der Waals surface area contributed by atoms with E-state index in [4.69, 9.17) is 4.98 Å². The molecular weight excluding hydrogens is 234 g/mol. The summed E-state index contributed by atoms with van der Waals surface area (Å²) in [6.45, 7) is 10.4. The molecule has 1 atom stereocenters. The second-order valence-electron chi connectivity index (χ2n) is 6.54. The zero-order valence-electron chi connectivity index (χ0n) is 12.1. The lowest BCUT2D eigenvalue weighted by Crippen LogP contribution is -2.31. The molecule has 1 fully saturated rings. The number of fused-ring (bicyclic) bond motifs is 1. The third-order valence-electron chi connectivity index (χ3n) is 4.14. The lowest BCUT2D eigenvalue weighted by atomic mass is 9.89. The van der Waals surface area contributed by atoms with Gasteiger partial charge in [-0.3, -0.25) is 0 Å². The van der Waals surface area contributed by atoms with Crippen molar-refractivity contribution in [3.05, 3.63) is 30.1 Å². The zero-order valence-corrected chi connectivity index (χ0v) is 12.1. The molecule has 1 aliphatic heterocycles. The van der Waals surface area contributed by atoms with E-state index < -0.39 is 0 Å². The number of hydrogen-bond donors (Lipinski definition) is 1. The summed E-state index contributed by atoms with van der Waals surface area (Å²) in [5.74, 6) is 1.89. The Hall–Kier alpha value is -1.35. The Labute approximate surface area is 115 Å². The minimum Gasteiger partial charge on any atom is -0.341 e. The second-order valence-corrected chi connectivity index (χ2v) is 6.54. The Morgan fingerprint density at radius 1 is 1.37 bits per heavy atom. The van der Waals surface area contributed by atoms with E-state index in [9.17, 15) is 0 Å². The predicted molar refractivity (Wildman–Crippen MR) is 79.3 cm³/mol. The Morgan fingerprint density at radius 2 is 2.16 bits per heavy atom. The van der Waals surface area contributed by atoms with Crippen molar-refractivity contribution in [2.45, 2.75) is 32.6 Å². The first-order chi connectivity index (χ1) is 9.07. The maximum absolute atomic E-state index is 4.80. The fourth-order valence-electron chi connectivity index (χ4n) is 3.16. The van der Waals surface area contributed by atoms with Gasteiger partial charge in [0.15, 0.2) is 0 Å². The van der Waals surface area contributed by atoms with Gasteiger partial charge in [0.05, 0.1) is 11.0 Å². The van der Waals surface area contributed by atoms with Gasteiger partial charge in [-0.15, -0.1) is 0 Å². The van der Waals surface area contributed by atoms with Gasteiger partial charge in [-0.25, -0.2) is 4.98 Å². The normalized spacial score (nSPS) is 24.6. The molecule has 0 amide bonds. The topological polar surface area (TPSA) is 31.9 Å². The van der Waals surface area contributed by atoms with Crippen LogP contribution < -0.4 is 0 Å². The fraction of sp³-hybridized carbons (Fsp3) is 0.562. The highest BCUT2D eigenvalue weighted by molar-refractivity contribution is 5.75. The molecule has 1 unspecified atom stereocenters. The summed E-state index contributed by atoms with van der Waals surface area (Å²) >= 11 is 0. The summed E-state index contributed by atoms with van der Waals surface area (Å²) in [5, 5.41) is 0. The standard InChI is InChI=1S/C16H23N3/c1-12(2)10-19-9-8-16(3,11-19)15-17-13-6-4-5-7-14(13)18-15/h4-7,12H,8-11H2,1-3H3,(H,17,18). The molecule has 3 rings (SSSR count). The summed E-state index contributed by atoms with van der Waals surface area (Å²) in [6, 6.07) is 8.30. The average molecular weight is 257 g/mol. The third-order valence-corrected chi connectivity index (χ3v) is 4.14. The Bertz CT molecular complexity index is 539. The minimum atomic E-state index is 0.175. The number of hydrogen-bond acceptors (Lipinski definition) is 2. The molecule has 1 aromatic carbocycles. The van der Waals surface area contributed by atoms with Crippen molar-refractivity contribution in [1.82, 2.24) is 14.9 Å². The zero-order chi connectivity index (χ0) is 13.5. The molecule has 3 heteroatoms. The smallest absolute Gasteiger partial charge is 0.114 e. The molecule has 1 N–H and O–H groups in total. The molecule has 0 radical (unpaired) electrons. The first-order valence-corrected chi connectivity index (χ1v) is 7.24. The van der Waals surface area contributed by atoms with Gasteiger partial charge in [0.2, 0.25) is 0 Å². The van der Waals surface area contributed by atoms with E-state index in [1.807, 2.05) is 0 Å². The van der Waals surface area contributed by atoms with Crippen molar-refractivity contribution < 1.29 is 0 Å². The summed E-state index contributed by atoms with van der Waals surface area (Å²) in [4.78, 5) is 10.9. The number of imidazole rings is 1. The lowest BCUT2D eigenvalue weighted by Gasteiger charge is -2.23. The second kappa shape index (κ2) is 4.64. The number of H-pyrrole nitrogens is 1. The molecule has 1 saturated heterocycles. The molecule has 1 aromatic heterocycles. The van der Waals surface area contributed by atoms with Crippen LogP contribution in [0, 0.1) is 5.92 Å². The van der Waals surface area contributed by atoms with Crippen LogP contribution in [-0.4, -0.2) is 34.5 Å². The molecular formula is C16H23N3. The van der Waals surface area contributed by atoms with Crippen molar-refractivity contribution in [3.63, 3.8) is 0 Å². The number of aromatic nitrogens is 2. The van der Waals surface area contributed by atoms with Crippen molar-refractivity contribution in [1.29, 1.82) is 0 Å². The van der Waals surface area contributed by atoms with E-state index in [0.717, 1.165) is 29.3 Å². The maximum atomic E-state index is 4.80. The van der Waals surface area contributed by atoms with Gasteiger partial charge in [-0.1, -0.05) is 32.9 Å². The average Bonchev–Trinajstić information content (AvgIpc) is 2.93. The van der Waals surface area contributed by atoms with Crippen molar-refractivity contribution in [3.8, 4) is 0 Å². The van der Waals surface area contributed by atoms with Crippen LogP contribution >= 0.6 is 0 Å². The largest absolute Gasteiger partial charge is 0.341 e. The van der Waals surface area contributed by atoms with Crippen LogP contribution in [0.1, 0.15) is 33.0 Å². The van der Waals surface area contributed by atoms with Crippen LogP contribution in [0.3, 0.4) is 0 Å². The number of nitrogens with one attached hydrogen (secondary N) is 1. The number of nitrogens with zero attached hydrogens (tertiary/aromatic N) is 2. The molecule has 3 nitrogen and oxygen atoms in total. The van der Waals surface area contributed by atoms with Crippen molar-refractivity contribution >= 4 is 11.0 Å². The monoisotopic (exact) mass is 257 g/mol. The van der Waals surface area contributed by atoms with E-state index in [1.165, 1.54) is 19.5 Å². The highest BCUT2D eigenvalue weighted by Crippen LogP contribution is 2.33. The highest BCUT2D eigenvalue weighted by atomic mass is 15.2. The fourth-order valence-corrected chi connectivity index (χ4v) is 3.16. The maximum Gasteiger partial charge on any atom is 0.114 e. The molecule has 2 aromatic rings. The van der Waals surface area contributed by atoms with Crippen molar-refractivity contribution in [2.75, 3.05) is 19.6 Å². The summed E-state index contributed by atoms with van der Waals surface area (Å²) in [5.41, 5.74) is 2.41.